The molecule has 26 heavy (non-hydrogen) atoms. The Morgan fingerprint density at radius 1 is 1.04 bits per heavy atom. The van der Waals surface area contributed by atoms with E-state index in [0.717, 1.165) is 18.6 Å². The lowest BCUT2D eigenvalue weighted by atomic mass is 9.87. The Hall–Kier alpha value is -2.29. The number of nitrogens with one attached hydrogen (secondary N) is 1. The molecular formula is C23H31NO2. The van der Waals surface area contributed by atoms with Gasteiger partial charge < -0.3 is 10.1 Å². The highest BCUT2D eigenvalue weighted by Gasteiger charge is 2.16. The lowest BCUT2D eigenvalue weighted by Crippen LogP contribution is -2.36. The van der Waals surface area contributed by atoms with Gasteiger partial charge in [-0.1, -0.05) is 62.7 Å². The second-order valence-electron chi connectivity index (χ2n) is 7.91. The van der Waals surface area contributed by atoms with E-state index >= 15 is 0 Å². The van der Waals surface area contributed by atoms with Crippen LogP contribution < -0.4 is 10.1 Å². The van der Waals surface area contributed by atoms with Crippen LogP contribution in [0.3, 0.4) is 0 Å². The number of amides is 1. The summed E-state index contributed by atoms with van der Waals surface area (Å²) in [7, 11) is 0. The van der Waals surface area contributed by atoms with E-state index in [0.29, 0.717) is 6.54 Å². The molecule has 0 unspecified atom stereocenters. The molecule has 2 aromatic carbocycles. The van der Waals surface area contributed by atoms with E-state index in [1.807, 2.05) is 12.1 Å². The zero-order valence-electron chi connectivity index (χ0n) is 16.6. The van der Waals surface area contributed by atoms with Gasteiger partial charge in [-0.3, -0.25) is 4.79 Å². The highest BCUT2D eigenvalue weighted by Crippen LogP contribution is 2.24. The largest absolute Gasteiger partial charge is 0.481 e. The highest BCUT2D eigenvalue weighted by atomic mass is 16.5. The summed E-state index contributed by atoms with van der Waals surface area (Å²) >= 11 is 0. The fraction of sp³-hybridized carbons (Fsp3) is 0.435. The van der Waals surface area contributed by atoms with E-state index in [9.17, 15) is 4.79 Å². The summed E-state index contributed by atoms with van der Waals surface area (Å²) in [4.78, 5) is 12.2. The molecule has 0 spiro atoms. The molecule has 0 saturated heterocycles. The third-order valence-corrected chi connectivity index (χ3v) is 4.46. The first kappa shape index (κ1) is 20.0. The number of hydrogen-bond acceptors (Lipinski definition) is 2. The van der Waals surface area contributed by atoms with Crippen LogP contribution in [0.5, 0.6) is 5.75 Å². The first-order valence-corrected chi connectivity index (χ1v) is 9.36. The fourth-order valence-corrected chi connectivity index (χ4v) is 2.69. The van der Waals surface area contributed by atoms with Crippen LogP contribution in [0.1, 0.15) is 50.8 Å². The third-order valence-electron chi connectivity index (χ3n) is 4.46. The molecule has 0 fully saturated rings. The predicted octanol–water partition coefficient (Wildman–Crippen LogP) is 4.81. The Morgan fingerprint density at radius 3 is 2.23 bits per heavy atom. The number of aryl methyl sites for hydroxylation is 2. The molecule has 2 rings (SSSR count). The highest BCUT2D eigenvalue weighted by molar-refractivity contribution is 5.80. The minimum absolute atomic E-state index is 0.0752. The second kappa shape index (κ2) is 8.88. The first-order chi connectivity index (χ1) is 12.3. The average Bonchev–Trinajstić information content (AvgIpc) is 2.59. The van der Waals surface area contributed by atoms with Crippen LogP contribution >= 0.6 is 0 Å². The van der Waals surface area contributed by atoms with Crippen LogP contribution in [0.4, 0.5) is 0 Å². The normalized spacial score (nSPS) is 12.5. The summed E-state index contributed by atoms with van der Waals surface area (Å²) in [5, 5.41) is 2.96. The van der Waals surface area contributed by atoms with Crippen LogP contribution in [0, 0.1) is 6.92 Å². The van der Waals surface area contributed by atoms with Crippen molar-refractivity contribution in [2.24, 2.45) is 0 Å². The molecule has 0 aromatic heterocycles. The van der Waals surface area contributed by atoms with E-state index in [-0.39, 0.29) is 11.3 Å². The summed E-state index contributed by atoms with van der Waals surface area (Å²) in [5.41, 5.74) is 3.92. The van der Waals surface area contributed by atoms with Crippen molar-refractivity contribution in [3.63, 3.8) is 0 Å². The van der Waals surface area contributed by atoms with E-state index in [4.69, 9.17) is 4.74 Å². The van der Waals surface area contributed by atoms with Crippen LogP contribution in [0.2, 0.25) is 0 Å². The van der Waals surface area contributed by atoms with Gasteiger partial charge in [0.15, 0.2) is 6.10 Å². The van der Waals surface area contributed by atoms with Gasteiger partial charge in [0.1, 0.15) is 5.75 Å². The Morgan fingerprint density at radius 2 is 1.65 bits per heavy atom. The Bertz CT molecular complexity index is 696. The maximum Gasteiger partial charge on any atom is 0.260 e. The van der Waals surface area contributed by atoms with Crippen molar-refractivity contribution in [3.8, 4) is 5.75 Å². The van der Waals surface area contributed by atoms with Gasteiger partial charge in [-0.2, -0.15) is 0 Å². The number of carbonyl (C=O) groups excluding carboxylic acids is 1. The van der Waals surface area contributed by atoms with Gasteiger partial charge in [-0.05, 0) is 55.4 Å². The summed E-state index contributed by atoms with van der Waals surface area (Å²) < 4.78 is 5.76. The van der Waals surface area contributed by atoms with Gasteiger partial charge in [0, 0.05) is 6.54 Å². The maximum absolute atomic E-state index is 12.2. The van der Waals surface area contributed by atoms with Crippen molar-refractivity contribution in [2.45, 2.75) is 59.0 Å². The quantitative estimate of drug-likeness (QED) is 0.726. The van der Waals surface area contributed by atoms with Gasteiger partial charge in [0.25, 0.3) is 5.91 Å². The van der Waals surface area contributed by atoms with E-state index in [1.54, 1.807) is 6.92 Å². The van der Waals surface area contributed by atoms with Crippen molar-refractivity contribution in [3.05, 3.63) is 65.2 Å². The SMILES string of the molecule is Cc1ccc(CCCNC(=O)[C@H](C)Oc2ccc(C(C)(C)C)cc2)cc1. The first-order valence-electron chi connectivity index (χ1n) is 9.36. The Balaban J connectivity index is 1.74. The molecule has 2 aromatic rings. The number of rotatable bonds is 7. The molecule has 140 valence electrons. The Labute approximate surface area is 157 Å². The number of carbonyl (C=O) groups is 1. The molecule has 0 saturated carbocycles. The monoisotopic (exact) mass is 353 g/mol. The van der Waals surface area contributed by atoms with Crippen LogP contribution in [-0.2, 0) is 16.6 Å². The summed E-state index contributed by atoms with van der Waals surface area (Å²) in [6, 6.07) is 16.5. The average molecular weight is 354 g/mol. The summed E-state index contributed by atoms with van der Waals surface area (Å²) in [5.74, 6) is 0.647. The number of hydrogen-bond donors (Lipinski definition) is 1. The van der Waals surface area contributed by atoms with Crippen LogP contribution in [0.25, 0.3) is 0 Å². The zero-order valence-corrected chi connectivity index (χ0v) is 16.6. The van der Waals surface area contributed by atoms with Crippen molar-refractivity contribution < 1.29 is 9.53 Å². The number of ether oxygens (including phenoxy) is 1. The maximum atomic E-state index is 12.2. The minimum Gasteiger partial charge on any atom is -0.481 e. The standard InChI is InChI=1S/C23H31NO2/c1-17-8-10-19(11-9-17)7-6-16-24-22(25)18(2)26-21-14-12-20(13-15-21)23(3,4)5/h8-15,18H,6-7,16H2,1-5H3,(H,24,25)/t18-/m0/s1. The molecule has 0 aliphatic carbocycles. The predicted molar refractivity (Wildman–Crippen MR) is 108 cm³/mol. The van der Waals surface area contributed by atoms with E-state index in [1.165, 1.54) is 16.7 Å². The third kappa shape index (κ3) is 6.21. The smallest absolute Gasteiger partial charge is 0.260 e. The second-order valence-corrected chi connectivity index (χ2v) is 7.91. The van der Waals surface area contributed by atoms with Crippen molar-refractivity contribution >= 4 is 5.91 Å². The van der Waals surface area contributed by atoms with Crippen molar-refractivity contribution in [2.75, 3.05) is 6.54 Å². The molecule has 3 heteroatoms. The van der Waals surface area contributed by atoms with Crippen LogP contribution in [0.15, 0.2) is 48.5 Å². The van der Waals surface area contributed by atoms with E-state index < -0.39 is 6.10 Å². The molecule has 3 nitrogen and oxygen atoms in total. The van der Waals surface area contributed by atoms with Crippen molar-refractivity contribution in [1.82, 2.24) is 5.32 Å². The molecule has 0 bridgehead atoms. The fourth-order valence-electron chi connectivity index (χ4n) is 2.69. The molecule has 0 aliphatic heterocycles. The molecular weight excluding hydrogens is 322 g/mol. The van der Waals surface area contributed by atoms with Gasteiger partial charge in [-0.15, -0.1) is 0 Å². The molecule has 1 N–H and O–H groups in total. The van der Waals surface area contributed by atoms with E-state index in [2.05, 4.69) is 69.4 Å². The van der Waals surface area contributed by atoms with Gasteiger partial charge >= 0.3 is 0 Å². The molecule has 1 amide bonds. The Kier molecular flexibility index (Phi) is 6.84. The summed E-state index contributed by atoms with van der Waals surface area (Å²) in [6.45, 7) is 11.1. The van der Waals surface area contributed by atoms with Gasteiger partial charge in [0.2, 0.25) is 0 Å². The molecule has 1 atom stereocenters. The molecule has 0 radical (unpaired) electrons. The minimum atomic E-state index is -0.505. The topological polar surface area (TPSA) is 38.3 Å². The zero-order chi connectivity index (χ0) is 19.2. The van der Waals surface area contributed by atoms with Gasteiger partial charge in [-0.25, -0.2) is 0 Å². The van der Waals surface area contributed by atoms with Gasteiger partial charge in [0.05, 0.1) is 0 Å². The molecule has 0 heterocycles. The lowest BCUT2D eigenvalue weighted by Gasteiger charge is -2.20. The lowest BCUT2D eigenvalue weighted by molar-refractivity contribution is -0.127. The van der Waals surface area contributed by atoms with Crippen molar-refractivity contribution in [1.29, 1.82) is 0 Å². The molecule has 0 aliphatic rings. The summed E-state index contributed by atoms with van der Waals surface area (Å²) in [6.07, 6.45) is 1.38. The number of benzene rings is 2. The van der Waals surface area contributed by atoms with Crippen LogP contribution in [-0.4, -0.2) is 18.6 Å².